The number of fused-ring (bicyclic) bond motifs is 1. The van der Waals surface area contributed by atoms with Crippen molar-refractivity contribution in [1.82, 2.24) is 0 Å². The quantitative estimate of drug-likeness (QED) is 0.828. The van der Waals surface area contributed by atoms with Crippen LogP contribution in [0.2, 0.25) is 0 Å². The highest BCUT2D eigenvalue weighted by molar-refractivity contribution is 5.35. The van der Waals surface area contributed by atoms with E-state index < -0.39 is 12.2 Å². The Labute approximate surface area is 92.5 Å². The minimum Gasteiger partial charge on any atom is -0.320 e. The van der Waals surface area contributed by atoms with Crippen LogP contribution in [0.3, 0.4) is 0 Å². The Morgan fingerprint density at radius 1 is 1.19 bits per heavy atom. The molecule has 1 aromatic rings. The zero-order valence-corrected chi connectivity index (χ0v) is 8.85. The number of alkyl halides is 3. The highest BCUT2D eigenvalue weighted by Crippen LogP contribution is 2.25. The molecule has 1 aliphatic carbocycles. The normalized spacial score (nSPS) is 17.2. The molecule has 4 heteroatoms. The zero-order chi connectivity index (χ0) is 11.8. The summed E-state index contributed by atoms with van der Waals surface area (Å²) in [4.78, 5) is 0. The molecule has 0 heterocycles. The number of aryl methyl sites for hydroxylation is 2. The molecule has 1 nitrogen and oxygen atoms in total. The largest absolute Gasteiger partial charge is 0.403 e. The summed E-state index contributed by atoms with van der Waals surface area (Å²) in [6, 6.07) is 3.80. The number of halogens is 3. The van der Waals surface area contributed by atoms with Gasteiger partial charge in [-0.3, -0.25) is 0 Å². The molecule has 0 fully saturated rings. The number of benzene rings is 1. The van der Waals surface area contributed by atoms with Crippen molar-refractivity contribution in [3.63, 3.8) is 0 Å². The Bertz CT molecular complexity index is 384. The lowest BCUT2D eigenvalue weighted by molar-refractivity contribution is -0.147. The van der Waals surface area contributed by atoms with Crippen LogP contribution in [-0.2, 0) is 19.3 Å². The van der Waals surface area contributed by atoms with Crippen LogP contribution in [0.4, 0.5) is 13.2 Å². The molecule has 16 heavy (non-hydrogen) atoms. The molecule has 0 radical (unpaired) electrons. The van der Waals surface area contributed by atoms with E-state index in [4.69, 9.17) is 5.73 Å². The minimum absolute atomic E-state index is 0.128. The molecule has 0 aromatic heterocycles. The second-order valence-corrected chi connectivity index (χ2v) is 4.31. The van der Waals surface area contributed by atoms with Crippen molar-refractivity contribution >= 4 is 0 Å². The van der Waals surface area contributed by atoms with Gasteiger partial charge >= 0.3 is 6.18 Å². The second kappa shape index (κ2) is 4.09. The Kier molecular flexibility index (Phi) is 2.93. The van der Waals surface area contributed by atoms with E-state index >= 15 is 0 Å². The van der Waals surface area contributed by atoms with Gasteiger partial charge in [0.1, 0.15) is 6.04 Å². The molecular formula is C12H14F3N. The van der Waals surface area contributed by atoms with Crippen LogP contribution in [-0.4, -0.2) is 12.2 Å². The van der Waals surface area contributed by atoms with Crippen molar-refractivity contribution in [2.45, 2.75) is 37.9 Å². The fourth-order valence-electron chi connectivity index (χ4n) is 2.12. The van der Waals surface area contributed by atoms with E-state index in [1.54, 1.807) is 6.07 Å². The van der Waals surface area contributed by atoms with Gasteiger partial charge in [0.2, 0.25) is 0 Å². The highest BCUT2D eigenvalue weighted by atomic mass is 19.4. The summed E-state index contributed by atoms with van der Waals surface area (Å²) in [7, 11) is 0. The lowest BCUT2D eigenvalue weighted by atomic mass is 10.0. The van der Waals surface area contributed by atoms with Crippen molar-refractivity contribution in [2.24, 2.45) is 5.73 Å². The lowest BCUT2D eigenvalue weighted by Crippen LogP contribution is -2.39. The molecule has 1 aliphatic rings. The van der Waals surface area contributed by atoms with Gasteiger partial charge in [0.25, 0.3) is 0 Å². The van der Waals surface area contributed by atoms with E-state index in [9.17, 15) is 13.2 Å². The molecule has 0 saturated heterocycles. The summed E-state index contributed by atoms with van der Waals surface area (Å²) in [5, 5.41) is 0. The van der Waals surface area contributed by atoms with Crippen LogP contribution < -0.4 is 5.73 Å². The van der Waals surface area contributed by atoms with E-state index in [1.165, 1.54) is 11.1 Å². The van der Waals surface area contributed by atoms with Gasteiger partial charge in [0, 0.05) is 0 Å². The number of hydrogen-bond donors (Lipinski definition) is 1. The molecule has 0 aliphatic heterocycles. The van der Waals surface area contributed by atoms with Crippen LogP contribution in [0, 0.1) is 0 Å². The van der Waals surface area contributed by atoms with Crippen LogP contribution in [0.1, 0.15) is 23.1 Å². The molecule has 1 atom stereocenters. The summed E-state index contributed by atoms with van der Waals surface area (Å²) in [5.41, 5.74) is 8.24. The average Bonchev–Trinajstić information content (AvgIpc) is 2.63. The van der Waals surface area contributed by atoms with Gasteiger partial charge in [-0.2, -0.15) is 13.2 Å². The predicted octanol–water partition coefficient (Wildman–Crippen LogP) is 2.61. The summed E-state index contributed by atoms with van der Waals surface area (Å²) in [6.07, 6.45) is -1.31. The summed E-state index contributed by atoms with van der Waals surface area (Å²) in [5.74, 6) is 0. The molecule has 0 saturated carbocycles. The SMILES string of the molecule is NC(Cc1ccc2c(c1)CCC2)C(F)(F)F. The van der Waals surface area contributed by atoms with Crippen molar-refractivity contribution in [3.05, 3.63) is 34.9 Å². The lowest BCUT2D eigenvalue weighted by Gasteiger charge is -2.15. The van der Waals surface area contributed by atoms with Crippen LogP contribution >= 0.6 is 0 Å². The van der Waals surface area contributed by atoms with Gasteiger partial charge in [-0.05, 0) is 42.4 Å². The summed E-state index contributed by atoms with van der Waals surface area (Å²) >= 11 is 0. The molecule has 88 valence electrons. The van der Waals surface area contributed by atoms with Gasteiger partial charge in [-0.25, -0.2) is 0 Å². The third-order valence-corrected chi connectivity index (χ3v) is 3.04. The molecular weight excluding hydrogens is 215 g/mol. The van der Waals surface area contributed by atoms with Crippen LogP contribution in [0.25, 0.3) is 0 Å². The van der Waals surface area contributed by atoms with Crippen LogP contribution in [0.5, 0.6) is 0 Å². The zero-order valence-electron chi connectivity index (χ0n) is 8.85. The first-order valence-corrected chi connectivity index (χ1v) is 5.40. The second-order valence-electron chi connectivity index (χ2n) is 4.31. The molecule has 1 unspecified atom stereocenters. The maximum Gasteiger partial charge on any atom is 0.403 e. The van der Waals surface area contributed by atoms with Crippen molar-refractivity contribution in [3.8, 4) is 0 Å². The smallest absolute Gasteiger partial charge is 0.320 e. The monoisotopic (exact) mass is 229 g/mol. The van der Waals surface area contributed by atoms with E-state index in [0.717, 1.165) is 19.3 Å². The third-order valence-electron chi connectivity index (χ3n) is 3.04. The number of hydrogen-bond acceptors (Lipinski definition) is 1. The topological polar surface area (TPSA) is 26.0 Å². The average molecular weight is 229 g/mol. The molecule has 0 amide bonds. The fraction of sp³-hybridized carbons (Fsp3) is 0.500. The first kappa shape index (κ1) is 11.5. The predicted molar refractivity (Wildman–Crippen MR) is 56.2 cm³/mol. The van der Waals surface area contributed by atoms with Crippen molar-refractivity contribution in [1.29, 1.82) is 0 Å². The molecule has 1 aromatic carbocycles. The molecule has 2 rings (SSSR count). The van der Waals surface area contributed by atoms with Crippen molar-refractivity contribution < 1.29 is 13.2 Å². The van der Waals surface area contributed by atoms with Gasteiger partial charge < -0.3 is 5.73 Å². The first-order valence-electron chi connectivity index (χ1n) is 5.40. The maximum absolute atomic E-state index is 12.3. The van der Waals surface area contributed by atoms with E-state index in [1.807, 2.05) is 12.1 Å². The van der Waals surface area contributed by atoms with E-state index in [2.05, 4.69) is 0 Å². The standard InChI is InChI=1S/C12H14F3N/c13-12(14,15)11(16)7-8-4-5-9-2-1-3-10(9)6-8/h4-6,11H,1-3,7,16H2. The van der Waals surface area contributed by atoms with E-state index in [-0.39, 0.29) is 6.42 Å². The van der Waals surface area contributed by atoms with Gasteiger partial charge in [0.15, 0.2) is 0 Å². The van der Waals surface area contributed by atoms with Crippen LogP contribution in [0.15, 0.2) is 18.2 Å². The third kappa shape index (κ3) is 2.38. The summed E-state index contributed by atoms with van der Waals surface area (Å²) in [6.45, 7) is 0. The molecule has 0 bridgehead atoms. The van der Waals surface area contributed by atoms with Crippen molar-refractivity contribution in [2.75, 3.05) is 0 Å². The Balaban J connectivity index is 2.11. The fourth-order valence-corrected chi connectivity index (χ4v) is 2.12. The van der Waals surface area contributed by atoms with Gasteiger partial charge in [0.05, 0.1) is 0 Å². The Morgan fingerprint density at radius 3 is 2.56 bits per heavy atom. The number of nitrogens with two attached hydrogens (primary N) is 1. The van der Waals surface area contributed by atoms with E-state index in [0.29, 0.717) is 5.56 Å². The summed E-state index contributed by atoms with van der Waals surface area (Å²) < 4.78 is 36.9. The first-order chi connectivity index (χ1) is 7.47. The van der Waals surface area contributed by atoms with Gasteiger partial charge in [-0.15, -0.1) is 0 Å². The molecule has 0 spiro atoms. The minimum atomic E-state index is -4.31. The number of rotatable bonds is 2. The maximum atomic E-state index is 12.3. The Morgan fingerprint density at radius 2 is 1.88 bits per heavy atom. The highest BCUT2D eigenvalue weighted by Gasteiger charge is 2.36. The van der Waals surface area contributed by atoms with Gasteiger partial charge in [-0.1, -0.05) is 18.2 Å². The Hall–Kier alpha value is -1.03. The molecule has 2 N–H and O–H groups in total.